The maximum atomic E-state index is 10.5. The van der Waals surface area contributed by atoms with Crippen molar-refractivity contribution in [3.63, 3.8) is 0 Å². The van der Waals surface area contributed by atoms with Crippen molar-refractivity contribution in [3.05, 3.63) is 16.4 Å². The van der Waals surface area contributed by atoms with Crippen LogP contribution in [0.2, 0.25) is 0 Å². The van der Waals surface area contributed by atoms with Crippen molar-refractivity contribution in [1.29, 1.82) is 5.26 Å². The van der Waals surface area contributed by atoms with Crippen molar-refractivity contribution in [1.82, 2.24) is 9.97 Å². The summed E-state index contributed by atoms with van der Waals surface area (Å²) in [6, 6.07) is 1.63. The highest BCUT2D eigenvalue weighted by molar-refractivity contribution is 7.82. The van der Waals surface area contributed by atoms with Crippen LogP contribution in [0.3, 0.4) is 0 Å². The van der Waals surface area contributed by atoms with E-state index in [-0.39, 0.29) is 22.3 Å². The lowest BCUT2D eigenvalue weighted by atomic mass is 10.4. The van der Waals surface area contributed by atoms with Crippen LogP contribution in [0.25, 0.3) is 0 Å². The van der Waals surface area contributed by atoms with Gasteiger partial charge in [-0.2, -0.15) is 15.3 Å². The maximum Gasteiger partial charge on any atom is 0.366 e. The fraction of sp³-hybridized carbons (Fsp3) is 0. The smallest absolute Gasteiger partial charge is 0.366 e. The predicted octanol–water partition coefficient (Wildman–Crippen LogP) is -0.105. The largest absolute Gasteiger partial charge is 0.387 e. The van der Waals surface area contributed by atoms with Crippen LogP contribution in [-0.4, -0.2) is 25.6 Å². The molecule has 1 heterocycles. The molecule has 0 saturated carbocycles. The molecular formula is C6H5N7O2S. The summed E-state index contributed by atoms with van der Waals surface area (Å²) in [7, 11) is 0. The Hall–Kier alpha value is -2.54. The molecule has 0 aliphatic carbocycles. The van der Waals surface area contributed by atoms with E-state index in [1.54, 1.807) is 6.07 Å². The van der Waals surface area contributed by atoms with E-state index in [1.807, 2.05) is 0 Å². The minimum Gasteiger partial charge on any atom is -0.387 e. The van der Waals surface area contributed by atoms with E-state index in [0.717, 1.165) is 6.33 Å². The molecule has 0 spiro atoms. The second-order valence-electron chi connectivity index (χ2n) is 2.41. The number of nitriles is 1. The fourth-order valence-electron chi connectivity index (χ4n) is 0.753. The molecule has 1 aromatic rings. The Morgan fingerprint density at radius 2 is 2.56 bits per heavy atom. The molecule has 0 fully saturated rings. The second kappa shape index (κ2) is 4.80. The molecule has 0 aliphatic rings. The number of hydrazone groups is 1. The Bertz CT molecular complexity index is 499. The Balaban J connectivity index is 2.90. The van der Waals surface area contributed by atoms with Gasteiger partial charge in [0.1, 0.15) is 11.1 Å². The third kappa shape index (κ3) is 2.49. The highest BCUT2D eigenvalue weighted by Crippen LogP contribution is 2.17. The zero-order valence-electron chi connectivity index (χ0n) is 7.67. The molecule has 0 aromatic carbocycles. The first-order chi connectivity index (χ1) is 7.56. The van der Waals surface area contributed by atoms with Crippen molar-refractivity contribution in [2.45, 2.75) is 0 Å². The Morgan fingerprint density at radius 1 is 1.88 bits per heavy atom. The molecule has 0 aliphatic heterocycles. The van der Waals surface area contributed by atoms with Crippen molar-refractivity contribution in [2.24, 2.45) is 10.8 Å². The van der Waals surface area contributed by atoms with Crippen molar-refractivity contribution >= 4 is 34.6 Å². The molecule has 0 saturated heterocycles. The number of H-pyrrole nitrogens is 1. The van der Waals surface area contributed by atoms with Crippen LogP contribution >= 0.6 is 12.2 Å². The van der Waals surface area contributed by atoms with Crippen molar-refractivity contribution in [2.75, 3.05) is 5.43 Å². The number of anilines is 1. The number of hydrogen-bond donors (Lipinski definition) is 3. The van der Waals surface area contributed by atoms with Crippen LogP contribution < -0.4 is 11.2 Å². The van der Waals surface area contributed by atoms with Crippen LogP contribution in [0, 0.1) is 21.4 Å². The quantitative estimate of drug-likeness (QED) is 0.287. The van der Waals surface area contributed by atoms with Crippen LogP contribution in [0.4, 0.5) is 11.6 Å². The van der Waals surface area contributed by atoms with E-state index in [2.05, 4.69) is 32.7 Å². The number of imidazole rings is 1. The molecular weight excluding hydrogens is 234 g/mol. The van der Waals surface area contributed by atoms with Gasteiger partial charge in [0.15, 0.2) is 12.0 Å². The summed E-state index contributed by atoms with van der Waals surface area (Å²) in [5, 5.41) is 22.5. The van der Waals surface area contributed by atoms with Crippen LogP contribution in [0.1, 0.15) is 0 Å². The number of nitrogens with zero attached hydrogens (tertiary/aromatic N) is 4. The van der Waals surface area contributed by atoms with Gasteiger partial charge in [-0.15, -0.1) is 0 Å². The Kier molecular flexibility index (Phi) is 3.46. The number of aromatic nitrogens is 2. The molecule has 1 rings (SSSR count). The standard InChI is InChI=1S/C6H5N7O2S/c7-1-3(4(8)16)11-12-5-6(13(14)15)10-2-9-5/h2,12H,(H2,8,16)(H,9,10). The summed E-state index contributed by atoms with van der Waals surface area (Å²) in [6.45, 7) is 0. The van der Waals surface area contributed by atoms with Gasteiger partial charge in [0.25, 0.3) is 0 Å². The van der Waals surface area contributed by atoms with E-state index >= 15 is 0 Å². The van der Waals surface area contributed by atoms with E-state index in [9.17, 15) is 10.1 Å². The predicted molar refractivity (Wildman–Crippen MR) is 58.7 cm³/mol. The molecule has 0 radical (unpaired) electrons. The SMILES string of the molecule is N#CC(=NNc1nc[nH]c1[N+](=O)[O-])C(N)=S. The van der Waals surface area contributed by atoms with Gasteiger partial charge in [-0.3, -0.25) is 5.43 Å². The normalized spacial score (nSPS) is 10.6. The van der Waals surface area contributed by atoms with Gasteiger partial charge < -0.3 is 15.8 Å². The zero-order valence-corrected chi connectivity index (χ0v) is 8.48. The topological polar surface area (TPSA) is 146 Å². The van der Waals surface area contributed by atoms with E-state index in [4.69, 9.17) is 11.0 Å². The van der Waals surface area contributed by atoms with E-state index in [0.29, 0.717) is 0 Å². The summed E-state index contributed by atoms with van der Waals surface area (Å²) < 4.78 is 0. The molecule has 0 atom stereocenters. The Morgan fingerprint density at radius 3 is 3.06 bits per heavy atom. The highest BCUT2D eigenvalue weighted by atomic mass is 32.1. The molecule has 16 heavy (non-hydrogen) atoms. The first-order valence-corrected chi connectivity index (χ1v) is 4.18. The number of aromatic amines is 1. The van der Waals surface area contributed by atoms with Gasteiger partial charge in [0.05, 0.1) is 0 Å². The minimum absolute atomic E-state index is 0.131. The Labute approximate surface area is 94.1 Å². The molecule has 1 aromatic heterocycles. The summed E-state index contributed by atoms with van der Waals surface area (Å²) in [4.78, 5) is 15.4. The number of nitrogens with two attached hydrogens (primary N) is 1. The molecule has 82 valence electrons. The van der Waals surface area contributed by atoms with Gasteiger partial charge in [-0.05, 0) is 4.92 Å². The number of thiocarbonyl (C=S) groups is 1. The summed E-state index contributed by atoms with van der Waals surface area (Å²) in [6.07, 6.45) is 1.11. The average molecular weight is 239 g/mol. The fourth-order valence-corrected chi connectivity index (χ4v) is 0.844. The van der Waals surface area contributed by atoms with Gasteiger partial charge in [-0.1, -0.05) is 12.2 Å². The monoisotopic (exact) mass is 239 g/mol. The average Bonchev–Trinajstić information content (AvgIpc) is 2.66. The number of hydrogen-bond acceptors (Lipinski definition) is 7. The van der Waals surface area contributed by atoms with Crippen LogP contribution in [0.5, 0.6) is 0 Å². The third-order valence-corrected chi connectivity index (χ3v) is 1.61. The lowest BCUT2D eigenvalue weighted by Gasteiger charge is -1.97. The molecule has 9 nitrogen and oxygen atoms in total. The van der Waals surface area contributed by atoms with Crippen molar-refractivity contribution < 1.29 is 4.92 Å². The van der Waals surface area contributed by atoms with Gasteiger partial charge in [-0.25, -0.2) is 4.98 Å². The molecule has 4 N–H and O–H groups in total. The highest BCUT2D eigenvalue weighted by Gasteiger charge is 2.14. The number of nitrogens with one attached hydrogen (secondary N) is 2. The molecule has 0 unspecified atom stereocenters. The van der Waals surface area contributed by atoms with Gasteiger partial charge in [0.2, 0.25) is 5.82 Å². The van der Waals surface area contributed by atoms with Crippen LogP contribution in [-0.2, 0) is 0 Å². The van der Waals surface area contributed by atoms with Crippen molar-refractivity contribution in [3.8, 4) is 6.07 Å². The lowest BCUT2D eigenvalue weighted by molar-refractivity contribution is -0.388. The van der Waals surface area contributed by atoms with E-state index in [1.165, 1.54) is 0 Å². The summed E-state index contributed by atoms with van der Waals surface area (Å²) >= 11 is 4.52. The molecule has 0 amide bonds. The summed E-state index contributed by atoms with van der Waals surface area (Å²) in [5.74, 6) is -0.502. The first kappa shape index (κ1) is 11.5. The molecule has 10 heteroatoms. The van der Waals surface area contributed by atoms with E-state index < -0.39 is 4.92 Å². The number of nitro groups is 1. The van der Waals surface area contributed by atoms with Gasteiger partial charge >= 0.3 is 5.82 Å². The first-order valence-electron chi connectivity index (χ1n) is 3.77. The number of rotatable bonds is 4. The van der Waals surface area contributed by atoms with Crippen LogP contribution in [0.15, 0.2) is 11.4 Å². The maximum absolute atomic E-state index is 10.5. The second-order valence-corrected chi connectivity index (χ2v) is 2.84. The molecule has 0 bridgehead atoms. The summed E-state index contributed by atoms with van der Waals surface area (Å²) in [5.41, 5.74) is 7.14. The van der Waals surface area contributed by atoms with Gasteiger partial charge in [0, 0.05) is 0 Å². The zero-order chi connectivity index (χ0) is 12.1. The third-order valence-electron chi connectivity index (χ3n) is 1.41. The lowest BCUT2D eigenvalue weighted by Crippen LogP contribution is -2.20. The minimum atomic E-state index is -0.683.